The lowest BCUT2D eigenvalue weighted by Crippen LogP contribution is -2.60. The van der Waals surface area contributed by atoms with Crippen molar-refractivity contribution >= 4 is 28.9 Å². The number of methoxy groups -OCH3 is 1. The van der Waals surface area contributed by atoms with Gasteiger partial charge in [-0.05, 0) is 36.8 Å². The molecule has 8 heteroatoms. The normalized spacial score (nSPS) is 27.9. The van der Waals surface area contributed by atoms with Crippen LogP contribution in [-0.2, 0) is 11.3 Å². The molecule has 0 radical (unpaired) electrons. The van der Waals surface area contributed by atoms with Crippen LogP contribution < -0.4 is 20.3 Å². The van der Waals surface area contributed by atoms with Gasteiger partial charge in [-0.15, -0.1) is 0 Å². The summed E-state index contributed by atoms with van der Waals surface area (Å²) < 4.78 is 5.35. The summed E-state index contributed by atoms with van der Waals surface area (Å²) in [6.07, 6.45) is -1.88. The molecule has 5 atom stereocenters. The number of amides is 1. The molecule has 1 aliphatic heterocycles. The standard InChI is InChI=1S/C22H25N3O4S/c1-29-17-10-6-5-7-13(17)12-23-21(28)15-11-16(26)20(27)18-19(15)25(22(30)24-18)14-8-3-2-4-9-14/h2-10,15-16,18-20,26-27H,11-12H2,1H3,(H,23,28)(H,24,30)/t15-,16+,18-,19+,20-/m0/s1. The summed E-state index contributed by atoms with van der Waals surface area (Å²) in [6, 6.07) is 16.1. The fourth-order valence-corrected chi connectivity index (χ4v) is 4.76. The van der Waals surface area contributed by atoms with Crippen LogP contribution in [0.1, 0.15) is 12.0 Å². The van der Waals surface area contributed by atoms with Crippen LogP contribution in [0.15, 0.2) is 54.6 Å². The van der Waals surface area contributed by atoms with Crippen LogP contribution in [0.3, 0.4) is 0 Å². The van der Waals surface area contributed by atoms with Gasteiger partial charge in [-0.2, -0.15) is 0 Å². The lowest BCUT2D eigenvalue weighted by Gasteiger charge is -2.41. The number of hydrogen-bond acceptors (Lipinski definition) is 5. The van der Waals surface area contributed by atoms with Crippen molar-refractivity contribution in [1.82, 2.24) is 10.6 Å². The van der Waals surface area contributed by atoms with Crippen molar-refractivity contribution in [2.45, 2.75) is 37.3 Å². The Morgan fingerprint density at radius 1 is 1.20 bits per heavy atom. The van der Waals surface area contributed by atoms with Crippen molar-refractivity contribution in [1.29, 1.82) is 0 Å². The number of ether oxygens (including phenoxy) is 1. The minimum atomic E-state index is -1.01. The molecule has 2 aromatic carbocycles. The fourth-order valence-electron chi connectivity index (χ4n) is 4.39. The zero-order valence-electron chi connectivity index (χ0n) is 16.6. The number of benzene rings is 2. The van der Waals surface area contributed by atoms with E-state index in [4.69, 9.17) is 17.0 Å². The van der Waals surface area contributed by atoms with E-state index in [0.717, 1.165) is 11.3 Å². The largest absolute Gasteiger partial charge is 0.496 e. The molecule has 1 aliphatic carbocycles. The number of hydrogen-bond donors (Lipinski definition) is 4. The van der Waals surface area contributed by atoms with Gasteiger partial charge in [0.05, 0.1) is 31.2 Å². The Bertz CT molecular complexity index is 926. The Kier molecular flexibility index (Phi) is 5.90. The van der Waals surface area contributed by atoms with Crippen molar-refractivity contribution < 1.29 is 19.7 Å². The number of carbonyl (C=O) groups is 1. The monoisotopic (exact) mass is 427 g/mol. The molecule has 2 aliphatic rings. The summed E-state index contributed by atoms with van der Waals surface area (Å²) in [7, 11) is 1.59. The van der Waals surface area contributed by atoms with Crippen LogP contribution in [-0.4, -0.2) is 52.6 Å². The molecule has 4 rings (SSSR count). The molecule has 30 heavy (non-hydrogen) atoms. The first-order valence-electron chi connectivity index (χ1n) is 9.91. The van der Waals surface area contributed by atoms with E-state index in [-0.39, 0.29) is 12.3 Å². The Hall–Kier alpha value is -2.68. The number of aliphatic hydroxyl groups excluding tert-OH is 2. The minimum Gasteiger partial charge on any atom is -0.496 e. The van der Waals surface area contributed by atoms with E-state index in [1.54, 1.807) is 7.11 Å². The topological polar surface area (TPSA) is 94.1 Å². The van der Waals surface area contributed by atoms with Gasteiger partial charge in [0.15, 0.2) is 5.11 Å². The molecule has 0 aromatic heterocycles. The lowest BCUT2D eigenvalue weighted by atomic mass is 9.77. The van der Waals surface area contributed by atoms with Crippen LogP contribution in [0.25, 0.3) is 0 Å². The molecule has 0 bridgehead atoms. The summed E-state index contributed by atoms with van der Waals surface area (Å²) in [5.41, 5.74) is 1.70. The Morgan fingerprint density at radius 3 is 2.63 bits per heavy atom. The Labute approximate surface area is 180 Å². The average Bonchev–Trinajstić information content (AvgIpc) is 3.12. The molecule has 1 saturated heterocycles. The van der Waals surface area contributed by atoms with Gasteiger partial charge in [-0.3, -0.25) is 4.79 Å². The van der Waals surface area contributed by atoms with E-state index < -0.39 is 30.2 Å². The fraction of sp³-hybridized carbons (Fsp3) is 0.364. The second-order valence-corrected chi connectivity index (χ2v) is 7.99. The molecule has 1 amide bonds. The van der Waals surface area contributed by atoms with Crippen LogP contribution in [0.5, 0.6) is 5.75 Å². The smallest absolute Gasteiger partial charge is 0.225 e. The molecule has 0 spiro atoms. The molecule has 7 nitrogen and oxygen atoms in total. The number of fused-ring (bicyclic) bond motifs is 1. The molecule has 2 aromatic rings. The molecule has 158 valence electrons. The van der Waals surface area contributed by atoms with Gasteiger partial charge < -0.3 is 30.5 Å². The number of para-hydroxylation sites is 2. The number of aliphatic hydroxyl groups is 2. The van der Waals surface area contributed by atoms with Crippen molar-refractivity contribution in [2.24, 2.45) is 5.92 Å². The molecule has 1 saturated carbocycles. The zero-order chi connectivity index (χ0) is 21.3. The number of carbonyl (C=O) groups excluding carboxylic acids is 1. The van der Waals surface area contributed by atoms with Crippen LogP contribution in [0.2, 0.25) is 0 Å². The summed E-state index contributed by atoms with van der Waals surface area (Å²) in [5, 5.41) is 27.5. The third-order valence-corrected chi connectivity index (χ3v) is 6.18. The van der Waals surface area contributed by atoms with Gasteiger partial charge in [0, 0.05) is 17.8 Å². The molecule has 0 unspecified atom stereocenters. The second kappa shape index (κ2) is 8.59. The minimum absolute atomic E-state index is 0.147. The quantitative estimate of drug-likeness (QED) is 0.533. The van der Waals surface area contributed by atoms with Crippen LogP contribution >= 0.6 is 12.2 Å². The number of rotatable bonds is 5. The zero-order valence-corrected chi connectivity index (χ0v) is 17.4. The maximum absolute atomic E-state index is 13.2. The van der Waals surface area contributed by atoms with E-state index in [1.165, 1.54) is 0 Å². The lowest BCUT2D eigenvalue weighted by molar-refractivity contribution is -0.131. The second-order valence-electron chi connectivity index (χ2n) is 7.60. The van der Waals surface area contributed by atoms with Crippen molar-refractivity contribution in [2.75, 3.05) is 12.0 Å². The molecule has 1 heterocycles. The first kappa shape index (κ1) is 20.6. The van der Waals surface area contributed by atoms with Crippen LogP contribution in [0, 0.1) is 5.92 Å². The van der Waals surface area contributed by atoms with Crippen molar-refractivity contribution in [3.63, 3.8) is 0 Å². The van der Waals surface area contributed by atoms with E-state index in [9.17, 15) is 15.0 Å². The van der Waals surface area contributed by atoms with Gasteiger partial charge in [0.1, 0.15) is 11.9 Å². The number of nitrogens with zero attached hydrogens (tertiary/aromatic N) is 1. The maximum atomic E-state index is 13.2. The SMILES string of the molecule is COc1ccccc1CNC(=O)[C@H]1C[C@@H](O)[C@H](O)[C@H]2NC(=S)N(c3ccccc3)[C@@H]21. The van der Waals surface area contributed by atoms with E-state index in [2.05, 4.69) is 10.6 Å². The highest BCUT2D eigenvalue weighted by molar-refractivity contribution is 7.80. The van der Waals surface area contributed by atoms with Crippen molar-refractivity contribution in [3.8, 4) is 5.75 Å². The number of thiocarbonyl (C=S) groups is 1. The van der Waals surface area contributed by atoms with E-state index >= 15 is 0 Å². The predicted molar refractivity (Wildman–Crippen MR) is 117 cm³/mol. The average molecular weight is 428 g/mol. The first-order valence-corrected chi connectivity index (χ1v) is 10.3. The molecule has 2 fully saturated rings. The Morgan fingerprint density at radius 2 is 1.90 bits per heavy atom. The third-order valence-electron chi connectivity index (χ3n) is 5.86. The first-order chi connectivity index (χ1) is 14.5. The number of nitrogens with one attached hydrogen (secondary N) is 2. The molecule has 4 N–H and O–H groups in total. The Balaban J connectivity index is 1.59. The van der Waals surface area contributed by atoms with Gasteiger partial charge >= 0.3 is 0 Å². The van der Waals surface area contributed by atoms with E-state index in [0.29, 0.717) is 17.4 Å². The van der Waals surface area contributed by atoms with Crippen LogP contribution in [0.4, 0.5) is 5.69 Å². The highest BCUT2D eigenvalue weighted by atomic mass is 32.1. The highest BCUT2D eigenvalue weighted by Gasteiger charge is 2.53. The summed E-state index contributed by atoms with van der Waals surface area (Å²) in [5.74, 6) is -0.0602. The molecular weight excluding hydrogens is 402 g/mol. The summed E-state index contributed by atoms with van der Waals surface area (Å²) in [6.45, 7) is 0.304. The number of anilines is 1. The predicted octanol–water partition coefficient (Wildman–Crippen LogP) is 1.18. The van der Waals surface area contributed by atoms with Gasteiger partial charge in [0.25, 0.3) is 0 Å². The molecular formula is C22H25N3O4S. The van der Waals surface area contributed by atoms with Crippen molar-refractivity contribution in [3.05, 3.63) is 60.2 Å². The summed E-state index contributed by atoms with van der Waals surface area (Å²) in [4.78, 5) is 15.1. The highest BCUT2D eigenvalue weighted by Crippen LogP contribution is 2.36. The maximum Gasteiger partial charge on any atom is 0.225 e. The summed E-state index contributed by atoms with van der Waals surface area (Å²) >= 11 is 5.52. The van der Waals surface area contributed by atoms with Gasteiger partial charge in [0.2, 0.25) is 5.91 Å². The third kappa shape index (κ3) is 3.74. The van der Waals surface area contributed by atoms with Gasteiger partial charge in [-0.25, -0.2) is 0 Å². The van der Waals surface area contributed by atoms with Gasteiger partial charge in [-0.1, -0.05) is 36.4 Å². The van der Waals surface area contributed by atoms with E-state index in [1.807, 2.05) is 59.5 Å².